The average Bonchev–Trinajstić information content (AvgIpc) is 3.10. The van der Waals surface area contributed by atoms with Gasteiger partial charge in [-0.05, 0) is 31.7 Å². The van der Waals surface area contributed by atoms with Crippen molar-refractivity contribution in [3.63, 3.8) is 0 Å². The molecule has 1 saturated carbocycles. The van der Waals surface area contributed by atoms with Gasteiger partial charge in [0.25, 0.3) is 0 Å². The first kappa shape index (κ1) is 17.6. The van der Waals surface area contributed by atoms with Crippen LogP contribution in [0.4, 0.5) is 0 Å². The van der Waals surface area contributed by atoms with E-state index in [0.29, 0.717) is 29.4 Å². The number of aliphatic carboxylic acids is 1. The first-order valence-corrected chi connectivity index (χ1v) is 8.60. The Morgan fingerprint density at radius 1 is 1.24 bits per heavy atom. The van der Waals surface area contributed by atoms with Crippen LogP contribution in [-0.4, -0.2) is 34.8 Å². The maximum absolute atomic E-state index is 11.2. The van der Waals surface area contributed by atoms with Gasteiger partial charge in [-0.25, -0.2) is 4.98 Å². The third-order valence-corrected chi connectivity index (χ3v) is 5.01. The number of hydrogen-bond acceptors (Lipinski definition) is 4. The van der Waals surface area contributed by atoms with Crippen LogP contribution in [0.15, 0.2) is 24.5 Å². The molecule has 1 fully saturated rings. The summed E-state index contributed by atoms with van der Waals surface area (Å²) >= 11 is 6.23. The van der Waals surface area contributed by atoms with Gasteiger partial charge in [0.05, 0.1) is 25.7 Å². The molecule has 2 aromatic rings. The Morgan fingerprint density at radius 2 is 1.96 bits per heavy atom. The zero-order valence-corrected chi connectivity index (χ0v) is 15.0. The first-order valence-electron chi connectivity index (χ1n) is 8.22. The third kappa shape index (κ3) is 3.44. The van der Waals surface area contributed by atoms with Gasteiger partial charge in [-0.1, -0.05) is 11.6 Å². The smallest absolute Gasteiger partial charge is 0.306 e. The van der Waals surface area contributed by atoms with Crippen molar-refractivity contribution in [2.45, 2.75) is 31.7 Å². The topological polar surface area (TPSA) is 73.6 Å². The molecule has 0 aliphatic heterocycles. The molecular formula is C18H21ClN2O4. The summed E-state index contributed by atoms with van der Waals surface area (Å²) in [7, 11) is 3.15. The number of halogens is 1. The maximum atomic E-state index is 11.2. The molecule has 0 bridgehead atoms. The third-order valence-electron chi connectivity index (χ3n) is 4.79. The molecule has 3 rings (SSSR count). The van der Waals surface area contributed by atoms with Gasteiger partial charge in [-0.3, -0.25) is 4.79 Å². The quantitative estimate of drug-likeness (QED) is 0.866. The molecule has 7 heteroatoms. The average molecular weight is 365 g/mol. The van der Waals surface area contributed by atoms with Gasteiger partial charge in [0, 0.05) is 29.5 Å². The van der Waals surface area contributed by atoms with Crippen molar-refractivity contribution >= 4 is 17.6 Å². The summed E-state index contributed by atoms with van der Waals surface area (Å²) in [4.78, 5) is 15.7. The van der Waals surface area contributed by atoms with E-state index in [1.54, 1.807) is 26.5 Å². The zero-order chi connectivity index (χ0) is 18.0. The van der Waals surface area contributed by atoms with Crippen LogP contribution in [0.1, 0.15) is 31.7 Å². The fourth-order valence-electron chi connectivity index (χ4n) is 3.51. The molecule has 1 aromatic heterocycles. The van der Waals surface area contributed by atoms with E-state index in [4.69, 9.17) is 21.1 Å². The van der Waals surface area contributed by atoms with E-state index >= 15 is 0 Å². The first-order chi connectivity index (χ1) is 12.0. The van der Waals surface area contributed by atoms with Crippen molar-refractivity contribution in [2.24, 2.45) is 5.92 Å². The Kier molecular flexibility index (Phi) is 5.18. The number of imidazole rings is 1. The number of methoxy groups -OCH3 is 2. The number of rotatable bonds is 5. The number of ether oxygens (including phenoxy) is 2. The van der Waals surface area contributed by atoms with Crippen molar-refractivity contribution in [3.05, 3.63) is 29.5 Å². The lowest BCUT2D eigenvalue weighted by molar-refractivity contribution is -0.143. The van der Waals surface area contributed by atoms with Crippen LogP contribution in [0.25, 0.3) is 11.4 Å². The van der Waals surface area contributed by atoms with E-state index in [1.807, 2.05) is 12.3 Å². The van der Waals surface area contributed by atoms with E-state index in [2.05, 4.69) is 9.55 Å². The van der Waals surface area contributed by atoms with E-state index in [1.165, 1.54) is 0 Å². The van der Waals surface area contributed by atoms with Crippen LogP contribution in [0.3, 0.4) is 0 Å². The lowest BCUT2D eigenvalue weighted by Gasteiger charge is -2.28. The fourth-order valence-corrected chi connectivity index (χ4v) is 3.72. The van der Waals surface area contributed by atoms with Gasteiger partial charge >= 0.3 is 5.97 Å². The van der Waals surface area contributed by atoms with Crippen LogP contribution in [-0.2, 0) is 4.79 Å². The van der Waals surface area contributed by atoms with E-state index in [9.17, 15) is 9.90 Å². The molecule has 6 nitrogen and oxygen atoms in total. The highest BCUT2D eigenvalue weighted by Gasteiger charge is 2.28. The number of benzene rings is 1. The highest BCUT2D eigenvalue weighted by Crippen LogP contribution is 2.42. The Morgan fingerprint density at radius 3 is 2.56 bits per heavy atom. The lowest BCUT2D eigenvalue weighted by Crippen LogP contribution is -2.23. The minimum Gasteiger partial charge on any atom is -0.493 e. The van der Waals surface area contributed by atoms with Gasteiger partial charge in [0.1, 0.15) is 5.82 Å². The standard InChI is InChI=1S/C18H21ClN2O4/c1-24-15-10-12(19)9-14(16(15)25-2)17-20-7-8-21(17)13-5-3-11(4-6-13)18(22)23/h7-11,13H,3-6H2,1-2H3,(H,22,23). The summed E-state index contributed by atoms with van der Waals surface area (Å²) < 4.78 is 13.0. The predicted molar refractivity (Wildman–Crippen MR) is 94.4 cm³/mol. The molecule has 0 unspecified atom stereocenters. The highest BCUT2D eigenvalue weighted by atomic mass is 35.5. The minimum atomic E-state index is -0.703. The van der Waals surface area contributed by atoms with Crippen molar-refractivity contribution in [3.8, 4) is 22.9 Å². The second kappa shape index (κ2) is 7.35. The fraction of sp³-hybridized carbons (Fsp3) is 0.444. The predicted octanol–water partition coefficient (Wildman–Crippen LogP) is 4.04. The number of carbonyl (C=O) groups is 1. The van der Waals surface area contributed by atoms with E-state index in [0.717, 1.165) is 24.2 Å². The Balaban J connectivity index is 1.95. The summed E-state index contributed by atoms with van der Waals surface area (Å²) in [6.45, 7) is 0. The molecule has 0 spiro atoms. The molecular weight excluding hydrogens is 344 g/mol. The number of carboxylic acids is 1. The van der Waals surface area contributed by atoms with E-state index < -0.39 is 5.97 Å². The van der Waals surface area contributed by atoms with Crippen LogP contribution in [0.5, 0.6) is 11.5 Å². The van der Waals surface area contributed by atoms with Crippen molar-refractivity contribution < 1.29 is 19.4 Å². The molecule has 0 amide bonds. The summed E-state index contributed by atoms with van der Waals surface area (Å²) in [5.74, 6) is 0.929. The summed E-state index contributed by atoms with van der Waals surface area (Å²) in [6, 6.07) is 3.72. The largest absolute Gasteiger partial charge is 0.493 e. The molecule has 134 valence electrons. The monoisotopic (exact) mass is 364 g/mol. The second-order valence-corrected chi connectivity index (χ2v) is 6.63. The van der Waals surface area contributed by atoms with Crippen LogP contribution < -0.4 is 9.47 Å². The SMILES string of the molecule is COc1cc(Cl)cc(-c2nccn2C2CCC(C(=O)O)CC2)c1OC. The molecule has 25 heavy (non-hydrogen) atoms. The maximum Gasteiger partial charge on any atom is 0.306 e. The molecule has 1 heterocycles. The normalized spacial score (nSPS) is 20.3. The number of aromatic nitrogens is 2. The summed E-state index contributed by atoms with van der Waals surface area (Å²) in [5, 5.41) is 9.72. The highest BCUT2D eigenvalue weighted by molar-refractivity contribution is 6.31. The van der Waals surface area contributed by atoms with Crippen molar-refractivity contribution in [1.29, 1.82) is 0 Å². The van der Waals surface area contributed by atoms with Gasteiger partial charge in [0.15, 0.2) is 11.5 Å². The molecule has 1 aliphatic carbocycles. The van der Waals surface area contributed by atoms with Crippen LogP contribution >= 0.6 is 11.6 Å². The lowest BCUT2D eigenvalue weighted by atomic mass is 9.86. The Hall–Kier alpha value is -2.21. The summed E-state index contributed by atoms with van der Waals surface area (Å²) in [6.07, 6.45) is 6.63. The number of carboxylic acid groups (broad SMARTS) is 1. The molecule has 0 saturated heterocycles. The van der Waals surface area contributed by atoms with Gasteiger partial charge < -0.3 is 19.1 Å². The van der Waals surface area contributed by atoms with Gasteiger partial charge in [-0.2, -0.15) is 0 Å². The van der Waals surface area contributed by atoms with Gasteiger partial charge in [0.2, 0.25) is 0 Å². The summed E-state index contributed by atoms with van der Waals surface area (Å²) in [5.41, 5.74) is 0.761. The zero-order valence-electron chi connectivity index (χ0n) is 14.2. The molecule has 1 aliphatic rings. The number of nitrogens with zero attached hydrogens (tertiary/aromatic N) is 2. The van der Waals surface area contributed by atoms with Crippen LogP contribution in [0, 0.1) is 5.92 Å². The Bertz CT molecular complexity index is 766. The van der Waals surface area contributed by atoms with Crippen LogP contribution in [0.2, 0.25) is 5.02 Å². The molecule has 1 aromatic carbocycles. The Labute approximate surface area is 151 Å². The molecule has 0 radical (unpaired) electrons. The second-order valence-electron chi connectivity index (χ2n) is 6.19. The van der Waals surface area contributed by atoms with Crippen molar-refractivity contribution in [2.75, 3.05) is 14.2 Å². The number of hydrogen-bond donors (Lipinski definition) is 1. The molecule has 1 N–H and O–H groups in total. The molecule has 0 atom stereocenters. The van der Waals surface area contributed by atoms with E-state index in [-0.39, 0.29) is 12.0 Å². The van der Waals surface area contributed by atoms with Crippen molar-refractivity contribution in [1.82, 2.24) is 9.55 Å². The van der Waals surface area contributed by atoms with Gasteiger partial charge in [-0.15, -0.1) is 0 Å². The minimum absolute atomic E-state index is 0.211.